The van der Waals surface area contributed by atoms with Crippen molar-refractivity contribution in [1.29, 1.82) is 0 Å². The second-order valence-electron chi connectivity index (χ2n) is 12.4. The summed E-state index contributed by atoms with van der Waals surface area (Å²) in [7, 11) is 0. The Balaban J connectivity index is 1.01. The third kappa shape index (κ3) is 5.45. The SMILES string of the molecule is O=C1CCC(N2Cc3cc(C4CCN(Cc5ccc6c(c5)N(c5ccccc5)C(=O)CCC6)CC4)ccc3C2=O)C(O)N1. The van der Waals surface area contributed by atoms with E-state index in [1.807, 2.05) is 41.3 Å². The molecule has 3 aromatic rings. The first-order valence-corrected chi connectivity index (χ1v) is 15.6. The van der Waals surface area contributed by atoms with E-state index in [0.29, 0.717) is 37.3 Å². The number of carbonyl (C=O) groups excluding carboxylic acids is 3. The van der Waals surface area contributed by atoms with Crippen molar-refractivity contribution in [3.05, 3.63) is 94.5 Å². The zero-order valence-corrected chi connectivity index (χ0v) is 24.4. The highest BCUT2D eigenvalue weighted by atomic mass is 16.3. The fourth-order valence-corrected chi connectivity index (χ4v) is 7.33. The van der Waals surface area contributed by atoms with Crippen LogP contribution in [0.2, 0.25) is 0 Å². The van der Waals surface area contributed by atoms with Crippen molar-refractivity contribution < 1.29 is 19.5 Å². The molecule has 7 rings (SSSR count). The van der Waals surface area contributed by atoms with Gasteiger partial charge in [0.05, 0.1) is 11.7 Å². The lowest BCUT2D eigenvalue weighted by atomic mass is 9.87. The molecule has 0 spiro atoms. The predicted molar refractivity (Wildman–Crippen MR) is 164 cm³/mol. The zero-order valence-electron chi connectivity index (χ0n) is 24.4. The van der Waals surface area contributed by atoms with Gasteiger partial charge in [-0.1, -0.05) is 42.5 Å². The molecule has 4 aliphatic rings. The number of para-hydroxylation sites is 1. The molecule has 2 atom stereocenters. The Morgan fingerprint density at radius 1 is 0.837 bits per heavy atom. The molecule has 3 aromatic carbocycles. The number of piperidine rings is 2. The maximum Gasteiger partial charge on any atom is 0.254 e. The molecular formula is C35H38N4O4. The van der Waals surface area contributed by atoms with Crippen molar-refractivity contribution in [2.45, 2.75) is 76.2 Å². The number of anilines is 2. The molecule has 4 aliphatic heterocycles. The summed E-state index contributed by atoms with van der Waals surface area (Å²) in [6.07, 6.45) is 4.21. The van der Waals surface area contributed by atoms with E-state index in [4.69, 9.17) is 0 Å². The van der Waals surface area contributed by atoms with Crippen molar-refractivity contribution in [3.63, 3.8) is 0 Å². The molecular weight excluding hydrogens is 540 g/mol. The molecule has 43 heavy (non-hydrogen) atoms. The number of fused-ring (bicyclic) bond motifs is 2. The lowest BCUT2D eigenvalue weighted by molar-refractivity contribution is -0.129. The van der Waals surface area contributed by atoms with E-state index in [1.54, 1.807) is 4.90 Å². The number of nitrogens with zero attached hydrogens (tertiary/aromatic N) is 3. The Kier molecular flexibility index (Phi) is 7.49. The maximum absolute atomic E-state index is 13.1. The molecule has 0 aromatic heterocycles. The number of likely N-dealkylation sites (tertiary alicyclic amines) is 1. The lowest BCUT2D eigenvalue weighted by Crippen LogP contribution is -2.55. The van der Waals surface area contributed by atoms with Crippen LogP contribution >= 0.6 is 0 Å². The van der Waals surface area contributed by atoms with E-state index in [9.17, 15) is 19.5 Å². The first-order chi connectivity index (χ1) is 20.9. The molecule has 2 fully saturated rings. The van der Waals surface area contributed by atoms with Crippen molar-refractivity contribution in [2.75, 3.05) is 18.0 Å². The molecule has 4 heterocycles. The van der Waals surface area contributed by atoms with Gasteiger partial charge in [0.15, 0.2) is 0 Å². The fraction of sp³-hybridized carbons (Fsp3) is 0.400. The topological polar surface area (TPSA) is 93.2 Å². The number of aliphatic hydroxyl groups excluding tert-OH is 1. The number of nitrogens with one attached hydrogen (secondary N) is 1. The summed E-state index contributed by atoms with van der Waals surface area (Å²) in [6.45, 7) is 3.29. The monoisotopic (exact) mass is 578 g/mol. The van der Waals surface area contributed by atoms with E-state index in [-0.39, 0.29) is 17.7 Å². The summed E-state index contributed by atoms with van der Waals surface area (Å²) < 4.78 is 0. The van der Waals surface area contributed by atoms with Crippen LogP contribution in [0.15, 0.2) is 66.7 Å². The molecule has 3 amide bonds. The van der Waals surface area contributed by atoms with Crippen LogP contribution in [-0.4, -0.2) is 58.0 Å². The van der Waals surface area contributed by atoms with Crippen LogP contribution in [0.3, 0.4) is 0 Å². The van der Waals surface area contributed by atoms with Crippen LogP contribution in [-0.2, 0) is 29.1 Å². The van der Waals surface area contributed by atoms with Gasteiger partial charge >= 0.3 is 0 Å². The summed E-state index contributed by atoms with van der Waals surface area (Å²) in [5.74, 6) is 0.352. The minimum absolute atomic E-state index is 0.0650. The first kappa shape index (κ1) is 27.8. The summed E-state index contributed by atoms with van der Waals surface area (Å²) in [5.41, 5.74) is 7.39. The number of carbonyl (C=O) groups is 3. The van der Waals surface area contributed by atoms with Gasteiger partial charge in [-0.25, -0.2) is 0 Å². The van der Waals surface area contributed by atoms with Gasteiger partial charge < -0.3 is 15.3 Å². The van der Waals surface area contributed by atoms with Crippen molar-refractivity contribution in [2.24, 2.45) is 0 Å². The molecule has 8 heteroatoms. The molecule has 2 saturated heterocycles. The molecule has 0 aliphatic carbocycles. The van der Waals surface area contributed by atoms with E-state index < -0.39 is 12.3 Å². The number of aliphatic hydroxyl groups is 1. The molecule has 2 N–H and O–H groups in total. The lowest BCUT2D eigenvalue weighted by Gasteiger charge is -2.35. The summed E-state index contributed by atoms with van der Waals surface area (Å²) >= 11 is 0. The maximum atomic E-state index is 13.1. The number of hydrogen-bond acceptors (Lipinski definition) is 5. The highest BCUT2D eigenvalue weighted by molar-refractivity contribution is 6.02. The normalized spacial score (nSPS) is 23.1. The zero-order chi connectivity index (χ0) is 29.5. The molecule has 222 valence electrons. The number of amides is 3. The highest BCUT2D eigenvalue weighted by Crippen LogP contribution is 2.36. The van der Waals surface area contributed by atoms with Crippen LogP contribution in [0.1, 0.15) is 77.1 Å². The van der Waals surface area contributed by atoms with Gasteiger partial charge in [0, 0.05) is 37.2 Å². The smallest absolute Gasteiger partial charge is 0.254 e. The third-order valence-electron chi connectivity index (χ3n) is 9.66. The van der Waals surface area contributed by atoms with Crippen LogP contribution in [0.25, 0.3) is 0 Å². The average Bonchev–Trinajstić information content (AvgIpc) is 3.24. The van der Waals surface area contributed by atoms with E-state index >= 15 is 0 Å². The Morgan fingerprint density at radius 3 is 2.44 bits per heavy atom. The molecule has 0 bridgehead atoms. The fourth-order valence-electron chi connectivity index (χ4n) is 7.33. The molecule has 0 saturated carbocycles. The van der Waals surface area contributed by atoms with Gasteiger partial charge in [0.25, 0.3) is 5.91 Å². The third-order valence-corrected chi connectivity index (χ3v) is 9.66. The Bertz CT molecular complexity index is 1550. The number of aryl methyl sites for hydroxylation is 1. The number of rotatable bonds is 5. The first-order valence-electron chi connectivity index (χ1n) is 15.6. The van der Waals surface area contributed by atoms with Crippen LogP contribution < -0.4 is 10.2 Å². The minimum atomic E-state index is -1.02. The van der Waals surface area contributed by atoms with Crippen molar-refractivity contribution >= 4 is 29.1 Å². The largest absolute Gasteiger partial charge is 0.372 e. The summed E-state index contributed by atoms with van der Waals surface area (Å²) in [4.78, 5) is 44.0. The highest BCUT2D eigenvalue weighted by Gasteiger charge is 2.39. The second-order valence-corrected chi connectivity index (χ2v) is 12.4. The van der Waals surface area contributed by atoms with Crippen LogP contribution in [0.4, 0.5) is 11.4 Å². The summed E-state index contributed by atoms with van der Waals surface area (Å²) in [5, 5.41) is 13.0. The Hall–Kier alpha value is -4.01. The Labute approximate surface area is 252 Å². The second kappa shape index (κ2) is 11.6. The molecule has 0 radical (unpaired) electrons. The number of benzene rings is 3. The molecule has 8 nitrogen and oxygen atoms in total. The standard InChI is InChI=1S/C35H38N4O4/c40-32-14-13-30(34(42)36-32)38-22-27-20-26(11-12-29(27)35(38)43)24-15-17-37(18-16-24)21-23-9-10-25-5-4-8-33(41)39(31(25)19-23)28-6-2-1-3-7-28/h1-3,6-7,9-12,19-20,24,30,34,42H,4-5,8,13-18,21-22H2,(H,36,40). The van der Waals surface area contributed by atoms with Gasteiger partial charge in [-0.2, -0.15) is 0 Å². The van der Waals surface area contributed by atoms with E-state index in [1.165, 1.54) is 16.7 Å². The van der Waals surface area contributed by atoms with E-state index in [0.717, 1.165) is 62.3 Å². The van der Waals surface area contributed by atoms with Crippen LogP contribution in [0, 0.1) is 0 Å². The van der Waals surface area contributed by atoms with Crippen LogP contribution in [0.5, 0.6) is 0 Å². The van der Waals surface area contributed by atoms with Gasteiger partial charge in [0.2, 0.25) is 11.8 Å². The van der Waals surface area contributed by atoms with Gasteiger partial charge in [-0.15, -0.1) is 0 Å². The van der Waals surface area contributed by atoms with Gasteiger partial charge in [-0.3, -0.25) is 24.2 Å². The van der Waals surface area contributed by atoms with E-state index in [2.05, 4.69) is 40.5 Å². The minimum Gasteiger partial charge on any atom is -0.372 e. The Morgan fingerprint density at radius 2 is 1.65 bits per heavy atom. The average molecular weight is 579 g/mol. The van der Waals surface area contributed by atoms with Crippen molar-refractivity contribution in [3.8, 4) is 0 Å². The molecule has 2 unspecified atom stereocenters. The number of hydrogen-bond donors (Lipinski definition) is 2. The quantitative estimate of drug-likeness (QED) is 0.461. The predicted octanol–water partition coefficient (Wildman–Crippen LogP) is 4.62. The van der Waals surface area contributed by atoms with Crippen molar-refractivity contribution in [1.82, 2.24) is 15.1 Å². The summed E-state index contributed by atoms with van der Waals surface area (Å²) in [6, 6.07) is 22.5. The van der Waals surface area contributed by atoms with Gasteiger partial charge in [-0.05, 0) is 97.6 Å². The van der Waals surface area contributed by atoms with Gasteiger partial charge in [0.1, 0.15) is 6.23 Å².